The van der Waals surface area contributed by atoms with Gasteiger partial charge in [-0.3, -0.25) is 0 Å². The molecule has 0 aromatic heterocycles. The molecule has 0 amide bonds. The van der Waals surface area contributed by atoms with Crippen LogP contribution in [0.15, 0.2) is 22.7 Å². The second kappa shape index (κ2) is 7.09. The average Bonchev–Trinajstić information content (AvgIpc) is 2.21. The topological polar surface area (TPSA) is 15.3 Å². The molecular weight excluding hydrogens is 283 g/mol. The zero-order valence-corrected chi connectivity index (χ0v) is 12.2. The van der Waals surface area contributed by atoms with E-state index in [9.17, 15) is 4.39 Å². The van der Waals surface area contributed by atoms with Crippen LogP contribution in [-0.2, 0) is 6.54 Å². The molecule has 0 fully saturated rings. The molecule has 0 aliphatic heterocycles. The maximum Gasteiger partial charge on any atom is 0.128 e. The van der Waals surface area contributed by atoms with Crippen LogP contribution in [-0.4, -0.2) is 31.1 Å². The van der Waals surface area contributed by atoms with Crippen LogP contribution in [0.25, 0.3) is 0 Å². The van der Waals surface area contributed by atoms with Crippen molar-refractivity contribution in [3.63, 3.8) is 0 Å². The minimum atomic E-state index is -0.150. The van der Waals surface area contributed by atoms with E-state index in [1.807, 2.05) is 19.2 Å². The standard InChI is InChI=1S/C13H20BrFN2/c1-10(2)16-6-7-17(3)9-11-4-5-12(14)8-13(11)15/h4-5,8,10,16H,6-7,9H2,1-3H3. The van der Waals surface area contributed by atoms with E-state index in [1.165, 1.54) is 6.07 Å². The molecule has 0 heterocycles. The van der Waals surface area contributed by atoms with Crippen LogP contribution in [0.3, 0.4) is 0 Å². The van der Waals surface area contributed by atoms with Crippen LogP contribution in [0.2, 0.25) is 0 Å². The summed E-state index contributed by atoms with van der Waals surface area (Å²) in [6.07, 6.45) is 0. The van der Waals surface area contributed by atoms with E-state index >= 15 is 0 Å². The number of hydrogen-bond acceptors (Lipinski definition) is 2. The molecule has 1 aromatic carbocycles. The summed E-state index contributed by atoms with van der Waals surface area (Å²) in [6, 6.07) is 5.70. The largest absolute Gasteiger partial charge is 0.313 e. The summed E-state index contributed by atoms with van der Waals surface area (Å²) in [5, 5.41) is 3.34. The molecule has 1 rings (SSSR count). The predicted molar refractivity (Wildman–Crippen MR) is 73.6 cm³/mol. The second-order valence-electron chi connectivity index (χ2n) is 4.58. The normalized spacial score (nSPS) is 11.5. The molecule has 0 unspecified atom stereocenters. The lowest BCUT2D eigenvalue weighted by atomic mass is 10.2. The number of rotatable bonds is 6. The zero-order valence-electron chi connectivity index (χ0n) is 10.6. The fraction of sp³-hybridized carbons (Fsp3) is 0.538. The SMILES string of the molecule is CC(C)NCCN(C)Cc1ccc(Br)cc1F. The Morgan fingerprint density at radius 3 is 2.71 bits per heavy atom. The van der Waals surface area contributed by atoms with Crippen LogP contribution >= 0.6 is 15.9 Å². The molecule has 96 valence electrons. The van der Waals surface area contributed by atoms with Gasteiger partial charge in [-0.05, 0) is 19.2 Å². The summed E-state index contributed by atoms with van der Waals surface area (Å²) in [4.78, 5) is 2.11. The Bertz CT molecular complexity index is 355. The number of hydrogen-bond donors (Lipinski definition) is 1. The lowest BCUT2D eigenvalue weighted by molar-refractivity contribution is 0.315. The molecule has 1 N–H and O–H groups in total. The van der Waals surface area contributed by atoms with Crippen molar-refractivity contribution >= 4 is 15.9 Å². The molecule has 1 aromatic rings. The van der Waals surface area contributed by atoms with Crippen molar-refractivity contribution in [3.8, 4) is 0 Å². The third kappa shape index (κ3) is 5.61. The molecule has 0 radical (unpaired) electrons. The van der Waals surface area contributed by atoms with Gasteiger partial charge in [0.1, 0.15) is 5.82 Å². The van der Waals surface area contributed by atoms with Gasteiger partial charge in [-0.25, -0.2) is 4.39 Å². The Morgan fingerprint density at radius 1 is 1.41 bits per heavy atom. The lowest BCUT2D eigenvalue weighted by Crippen LogP contribution is -2.32. The molecule has 17 heavy (non-hydrogen) atoms. The molecule has 0 atom stereocenters. The zero-order chi connectivity index (χ0) is 12.8. The lowest BCUT2D eigenvalue weighted by Gasteiger charge is -2.18. The van der Waals surface area contributed by atoms with Gasteiger partial charge in [-0.2, -0.15) is 0 Å². The quantitative estimate of drug-likeness (QED) is 0.869. The third-order valence-corrected chi connectivity index (χ3v) is 2.99. The number of likely N-dealkylation sites (N-methyl/N-ethyl adjacent to an activating group) is 1. The van der Waals surface area contributed by atoms with Crippen molar-refractivity contribution in [2.24, 2.45) is 0 Å². The van der Waals surface area contributed by atoms with Gasteiger partial charge in [-0.1, -0.05) is 35.8 Å². The third-order valence-electron chi connectivity index (χ3n) is 2.50. The summed E-state index contributed by atoms with van der Waals surface area (Å²) in [6.45, 7) is 6.71. The first-order chi connectivity index (χ1) is 7.99. The van der Waals surface area contributed by atoms with E-state index in [4.69, 9.17) is 0 Å². The van der Waals surface area contributed by atoms with Crippen molar-refractivity contribution in [1.82, 2.24) is 10.2 Å². The van der Waals surface area contributed by atoms with E-state index in [-0.39, 0.29) is 5.82 Å². The van der Waals surface area contributed by atoms with Gasteiger partial charge in [0.05, 0.1) is 0 Å². The molecule has 4 heteroatoms. The van der Waals surface area contributed by atoms with Crippen LogP contribution in [0.4, 0.5) is 4.39 Å². The van der Waals surface area contributed by atoms with E-state index in [1.54, 1.807) is 0 Å². The second-order valence-corrected chi connectivity index (χ2v) is 5.50. The predicted octanol–water partition coefficient (Wildman–Crippen LogP) is 3.02. The van der Waals surface area contributed by atoms with Crippen molar-refractivity contribution in [1.29, 1.82) is 0 Å². The van der Waals surface area contributed by atoms with Gasteiger partial charge in [0, 0.05) is 35.7 Å². The van der Waals surface area contributed by atoms with Crippen molar-refractivity contribution < 1.29 is 4.39 Å². The molecular formula is C13H20BrFN2. The van der Waals surface area contributed by atoms with E-state index in [0.717, 1.165) is 23.1 Å². The summed E-state index contributed by atoms with van der Waals surface area (Å²) in [5.74, 6) is -0.150. The van der Waals surface area contributed by atoms with Crippen LogP contribution in [0.5, 0.6) is 0 Å². The van der Waals surface area contributed by atoms with Crippen LogP contribution < -0.4 is 5.32 Å². The number of benzene rings is 1. The first-order valence-corrected chi connectivity index (χ1v) is 6.64. The molecule has 2 nitrogen and oxygen atoms in total. The Kier molecular flexibility index (Phi) is 6.09. The Hall–Kier alpha value is -0.450. The Balaban J connectivity index is 2.42. The number of nitrogens with one attached hydrogen (secondary N) is 1. The molecule has 0 aliphatic carbocycles. The van der Waals surface area contributed by atoms with Gasteiger partial charge in [0.15, 0.2) is 0 Å². The first-order valence-electron chi connectivity index (χ1n) is 5.85. The van der Waals surface area contributed by atoms with Gasteiger partial charge in [0.25, 0.3) is 0 Å². The van der Waals surface area contributed by atoms with Crippen LogP contribution in [0.1, 0.15) is 19.4 Å². The summed E-state index contributed by atoms with van der Waals surface area (Å²) >= 11 is 3.26. The van der Waals surface area contributed by atoms with E-state index in [0.29, 0.717) is 12.6 Å². The molecule has 0 saturated carbocycles. The van der Waals surface area contributed by atoms with Gasteiger partial charge < -0.3 is 10.2 Å². The van der Waals surface area contributed by atoms with Gasteiger partial charge in [0.2, 0.25) is 0 Å². The molecule has 0 saturated heterocycles. The minimum Gasteiger partial charge on any atom is -0.313 e. The van der Waals surface area contributed by atoms with E-state index in [2.05, 4.69) is 40.0 Å². The number of halogens is 2. The fourth-order valence-electron chi connectivity index (χ4n) is 1.56. The summed E-state index contributed by atoms with van der Waals surface area (Å²) in [7, 11) is 2.00. The first kappa shape index (κ1) is 14.6. The molecule has 0 bridgehead atoms. The fourth-order valence-corrected chi connectivity index (χ4v) is 1.90. The van der Waals surface area contributed by atoms with Crippen molar-refractivity contribution in [3.05, 3.63) is 34.1 Å². The maximum atomic E-state index is 13.6. The van der Waals surface area contributed by atoms with Crippen molar-refractivity contribution in [2.75, 3.05) is 20.1 Å². The minimum absolute atomic E-state index is 0.150. The monoisotopic (exact) mass is 302 g/mol. The van der Waals surface area contributed by atoms with Gasteiger partial charge in [-0.15, -0.1) is 0 Å². The highest BCUT2D eigenvalue weighted by Gasteiger charge is 2.06. The highest BCUT2D eigenvalue weighted by Crippen LogP contribution is 2.16. The highest BCUT2D eigenvalue weighted by molar-refractivity contribution is 9.10. The maximum absolute atomic E-state index is 13.6. The molecule has 0 aliphatic rings. The van der Waals surface area contributed by atoms with Crippen molar-refractivity contribution in [2.45, 2.75) is 26.4 Å². The Morgan fingerprint density at radius 2 is 2.12 bits per heavy atom. The average molecular weight is 303 g/mol. The van der Waals surface area contributed by atoms with Crippen LogP contribution in [0, 0.1) is 5.82 Å². The molecule has 0 spiro atoms. The Labute approximate surface area is 111 Å². The van der Waals surface area contributed by atoms with E-state index < -0.39 is 0 Å². The smallest absolute Gasteiger partial charge is 0.128 e. The summed E-state index contributed by atoms with van der Waals surface area (Å²) < 4.78 is 14.4. The number of nitrogens with zero attached hydrogens (tertiary/aromatic N) is 1. The highest BCUT2D eigenvalue weighted by atomic mass is 79.9. The van der Waals surface area contributed by atoms with Gasteiger partial charge >= 0.3 is 0 Å². The summed E-state index contributed by atoms with van der Waals surface area (Å²) in [5.41, 5.74) is 0.736.